The molecule has 1 aromatic carbocycles. The van der Waals surface area contributed by atoms with Gasteiger partial charge >= 0.3 is 0 Å². The number of nitrogens with one attached hydrogen (secondary N) is 1. The molecule has 0 amide bonds. The summed E-state index contributed by atoms with van der Waals surface area (Å²) in [6, 6.07) is 9.99. The number of nitrogens with zero attached hydrogens (tertiary/aromatic N) is 2. The maximum atomic E-state index is 3.56. The first-order valence-electron chi connectivity index (χ1n) is 7.18. The maximum absolute atomic E-state index is 3.56. The fraction of sp³-hybridized carbons (Fsp3) is 0.600. The van der Waals surface area contributed by atoms with Crippen LogP contribution < -0.4 is 5.32 Å². The summed E-state index contributed by atoms with van der Waals surface area (Å²) in [6.07, 6.45) is 0. The van der Waals surface area contributed by atoms with E-state index in [-0.39, 0.29) is 0 Å². The highest BCUT2D eigenvalue weighted by Gasteiger charge is 2.35. The Morgan fingerprint density at radius 3 is 2.68 bits per heavy atom. The molecule has 1 aromatic rings. The minimum atomic E-state index is 0.525. The molecule has 0 spiro atoms. The summed E-state index contributed by atoms with van der Waals surface area (Å²) in [5.74, 6) is 0. The van der Waals surface area contributed by atoms with Crippen LogP contribution in [-0.4, -0.2) is 55.1 Å². The van der Waals surface area contributed by atoms with E-state index in [0.717, 1.165) is 19.1 Å². The van der Waals surface area contributed by atoms with Crippen LogP contribution in [0.4, 0.5) is 0 Å². The zero-order chi connectivity index (χ0) is 13.2. The second kappa shape index (κ2) is 5.92. The molecule has 0 radical (unpaired) electrons. The fourth-order valence-electron chi connectivity index (χ4n) is 3.06. The summed E-state index contributed by atoms with van der Waals surface area (Å²) in [7, 11) is 0. The quantitative estimate of drug-likeness (QED) is 0.919. The van der Waals surface area contributed by atoms with Crippen molar-refractivity contribution in [3.63, 3.8) is 0 Å². The van der Waals surface area contributed by atoms with Crippen molar-refractivity contribution in [1.29, 1.82) is 0 Å². The first kappa shape index (κ1) is 13.6. The largest absolute Gasteiger partial charge is 0.314 e. The van der Waals surface area contributed by atoms with Crippen LogP contribution in [0, 0.1) is 0 Å². The molecule has 2 aliphatic heterocycles. The molecule has 0 aromatic heterocycles. The first-order valence-corrected chi connectivity index (χ1v) is 7.97. The molecule has 3 rings (SSSR count). The van der Waals surface area contributed by atoms with Crippen LogP contribution >= 0.6 is 15.9 Å². The van der Waals surface area contributed by atoms with Crippen molar-refractivity contribution in [2.24, 2.45) is 0 Å². The van der Waals surface area contributed by atoms with Crippen molar-refractivity contribution < 1.29 is 0 Å². The average Bonchev–Trinajstić information content (AvgIpc) is 2.38. The zero-order valence-electron chi connectivity index (χ0n) is 11.5. The molecular weight excluding hydrogens is 302 g/mol. The first-order chi connectivity index (χ1) is 9.24. The molecule has 2 fully saturated rings. The van der Waals surface area contributed by atoms with Gasteiger partial charge in [-0.2, -0.15) is 0 Å². The number of hydrogen-bond acceptors (Lipinski definition) is 3. The minimum absolute atomic E-state index is 0.525. The van der Waals surface area contributed by atoms with E-state index in [4.69, 9.17) is 0 Å². The van der Waals surface area contributed by atoms with E-state index in [1.54, 1.807) is 0 Å². The van der Waals surface area contributed by atoms with Gasteiger partial charge in [-0.3, -0.25) is 9.80 Å². The Morgan fingerprint density at radius 1 is 1.26 bits per heavy atom. The lowest BCUT2D eigenvalue weighted by atomic mass is 9.99. The molecule has 4 heteroatoms. The van der Waals surface area contributed by atoms with Gasteiger partial charge in [-0.15, -0.1) is 0 Å². The Labute approximate surface area is 124 Å². The molecular formula is C15H22BrN3. The van der Waals surface area contributed by atoms with Crippen LogP contribution in [0.25, 0.3) is 0 Å². The summed E-state index contributed by atoms with van der Waals surface area (Å²) in [5.41, 5.74) is 1.41. The van der Waals surface area contributed by atoms with E-state index in [1.165, 1.54) is 36.2 Å². The average molecular weight is 324 g/mol. The smallest absolute Gasteiger partial charge is 0.0351 e. The van der Waals surface area contributed by atoms with Gasteiger partial charge in [-0.1, -0.05) is 28.1 Å². The number of benzene rings is 1. The van der Waals surface area contributed by atoms with E-state index >= 15 is 0 Å². The number of hydrogen-bond donors (Lipinski definition) is 1. The van der Waals surface area contributed by atoms with Crippen molar-refractivity contribution in [1.82, 2.24) is 15.1 Å². The van der Waals surface area contributed by atoms with Crippen LogP contribution in [0.15, 0.2) is 28.7 Å². The second-order valence-electron chi connectivity index (χ2n) is 5.62. The Hall–Kier alpha value is -0.420. The summed E-state index contributed by atoms with van der Waals surface area (Å²) in [6.45, 7) is 9.47. The lowest BCUT2D eigenvalue weighted by Gasteiger charge is -2.49. The Balaban J connectivity index is 1.55. The Bertz CT molecular complexity index is 425. The van der Waals surface area contributed by atoms with Crippen molar-refractivity contribution in [2.75, 3.05) is 39.3 Å². The minimum Gasteiger partial charge on any atom is -0.314 e. The molecule has 1 unspecified atom stereocenters. The SMILES string of the molecule is CC(c1cccc(Br)c1)N1CC(N2CCNCC2)C1. The number of likely N-dealkylation sites (tertiary alicyclic amines) is 1. The van der Waals surface area contributed by atoms with Gasteiger partial charge in [-0.25, -0.2) is 0 Å². The lowest BCUT2D eigenvalue weighted by molar-refractivity contribution is 0.00346. The number of piperazine rings is 1. The monoisotopic (exact) mass is 323 g/mol. The third-order valence-corrected chi connectivity index (χ3v) is 4.93. The van der Waals surface area contributed by atoms with Crippen LogP contribution in [-0.2, 0) is 0 Å². The van der Waals surface area contributed by atoms with Gasteiger partial charge in [0.1, 0.15) is 0 Å². The molecule has 2 heterocycles. The summed E-state index contributed by atoms with van der Waals surface area (Å²) in [5, 5.41) is 3.42. The molecule has 0 bridgehead atoms. The number of halogens is 1. The molecule has 2 saturated heterocycles. The summed E-state index contributed by atoms with van der Waals surface area (Å²) in [4.78, 5) is 5.22. The second-order valence-corrected chi connectivity index (χ2v) is 6.54. The standard InChI is InChI=1S/C15H22BrN3/c1-12(13-3-2-4-14(16)9-13)19-10-15(11-19)18-7-5-17-6-8-18/h2-4,9,12,15,17H,5-8,10-11H2,1H3. The van der Waals surface area contributed by atoms with Crippen LogP contribution in [0.5, 0.6) is 0 Å². The highest BCUT2D eigenvalue weighted by atomic mass is 79.9. The van der Waals surface area contributed by atoms with Crippen LogP contribution in [0.1, 0.15) is 18.5 Å². The Morgan fingerprint density at radius 2 is 2.00 bits per heavy atom. The fourth-order valence-corrected chi connectivity index (χ4v) is 3.48. The molecule has 0 saturated carbocycles. The van der Waals surface area contributed by atoms with Crippen molar-refractivity contribution in [3.8, 4) is 0 Å². The van der Waals surface area contributed by atoms with E-state index in [2.05, 4.69) is 62.2 Å². The predicted molar refractivity (Wildman–Crippen MR) is 82.4 cm³/mol. The summed E-state index contributed by atoms with van der Waals surface area (Å²) >= 11 is 3.56. The van der Waals surface area contributed by atoms with Gasteiger partial charge in [0.2, 0.25) is 0 Å². The van der Waals surface area contributed by atoms with Gasteiger partial charge in [0, 0.05) is 55.8 Å². The van der Waals surface area contributed by atoms with Crippen molar-refractivity contribution in [2.45, 2.75) is 19.0 Å². The molecule has 104 valence electrons. The van der Waals surface area contributed by atoms with Gasteiger partial charge in [0.25, 0.3) is 0 Å². The molecule has 1 N–H and O–H groups in total. The van der Waals surface area contributed by atoms with Gasteiger partial charge < -0.3 is 5.32 Å². The third kappa shape index (κ3) is 3.02. The Kier molecular flexibility index (Phi) is 4.22. The number of rotatable bonds is 3. The van der Waals surface area contributed by atoms with Crippen molar-refractivity contribution >= 4 is 15.9 Å². The molecule has 19 heavy (non-hydrogen) atoms. The van der Waals surface area contributed by atoms with Crippen molar-refractivity contribution in [3.05, 3.63) is 34.3 Å². The van der Waals surface area contributed by atoms with Gasteiger partial charge in [-0.05, 0) is 24.6 Å². The maximum Gasteiger partial charge on any atom is 0.0351 e. The van der Waals surface area contributed by atoms with E-state index in [1.807, 2.05) is 0 Å². The van der Waals surface area contributed by atoms with E-state index in [0.29, 0.717) is 6.04 Å². The predicted octanol–water partition coefficient (Wildman–Crippen LogP) is 2.10. The third-order valence-electron chi connectivity index (χ3n) is 4.44. The summed E-state index contributed by atoms with van der Waals surface area (Å²) < 4.78 is 1.18. The van der Waals surface area contributed by atoms with Gasteiger partial charge in [0.05, 0.1) is 0 Å². The van der Waals surface area contributed by atoms with Crippen LogP contribution in [0.2, 0.25) is 0 Å². The lowest BCUT2D eigenvalue weighted by Crippen LogP contribution is -2.62. The van der Waals surface area contributed by atoms with E-state index in [9.17, 15) is 0 Å². The van der Waals surface area contributed by atoms with E-state index < -0.39 is 0 Å². The highest BCUT2D eigenvalue weighted by Crippen LogP contribution is 2.28. The molecule has 0 aliphatic carbocycles. The normalized spacial score (nSPS) is 24.1. The molecule has 3 nitrogen and oxygen atoms in total. The topological polar surface area (TPSA) is 18.5 Å². The zero-order valence-corrected chi connectivity index (χ0v) is 13.1. The highest BCUT2D eigenvalue weighted by molar-refractivity contribution is 9.10. The van der Waals surface area contributed by atoms with Gasteiger partial charge in [0.15, 0.2) is 0 Å². The van der Waals surface area contributed by atoms with Crippen LogP contribution in [0.3, 0.4) is 0 Å². The molecule has 1 atom stereocenters. The molecule has 2 aliphatic rings.